The number of hydrogen-bond acceptors (Lipinski definition) is 2. The lowest BCUT2D eigenvalue weighted by atomic mass is 10.2. The van der Waals surface area contributed by atoms with Crippen LogP contribution in [0.3, 0.4) is 0 Å². The molecule has 1 rings (SSSR count). The van der Waals surface area contributed by atoms with Gasteiger partial charge in [0.25, 0.3) is 0 Å². The molecule has 4 heteroatoms. The molecule has 0 aliphatic rings. The Morgan fingerprint density at radius 3 is 2.75 bits per heavy atom. The summed E-state index contributed by atoms with van der Waals surface area (Å²) in [6.45, 7) is 1.87. The standard InChI is InChI=1S/C12H16FNO2/c1-9-5-4-6-10(12(9)13)16-8-7-11(15)14(2)3/h4-6H,7-8H2,1-3H3. The molecule has 0 spiro atoms. The molecular weight excluding hydrogens is 209 g/mol. The Kier molecular flexibility index (Phi) is 4.28. The summed E-state index contributed by atoms with van der Waals surface area (Å²) in [5, 5.41) is 0. The van der Waals surface area contributed by atoms with Crippen LogP contribution in [0.4, 0.5) is 4.39 Å². The number of hydrogen-bond donors (Lipinski definition) is 0. The predicted octanol–water partition coefficient (Wildman–Crippen LogP) is 1.99. The molecule has 0 bridgehead atoms. The van der Waals surface area contributed by atoms with Gasteiger partial charge in [-0.15, -0.1) is 0 Å². The van der Waals surface area contributed by atoms with E-state index in [1.54, 1.807) is 39.2 Å². The molecule has 88 valence electrons. The fourth-order valence-electron chi connectivity index (χ4n) is 1.20. The lowest BCUT2D eigenvalue weighted by Gasteiger charge is -2.11. The van der Waals surface area contributed by atoms with Gasteiger partial charge in [-0.3, -0.25) is 4.79 Å². The average Bonchev–Trinajstić information content (AvgIpc) is 2.24. The van der Waals surface area contributed by atoms with Crippen molar-refractivity contribution in [3.8, 4) is 5.75 Å². The van der Waals surface area contributed by atoms with Crippen LogP contribution in [0.25, 0.3) is 0 Å². The highest BCUT2D eigenvalue weighted by Gasteiger charge is 2.07. The number of ether oxygens (including phenoxy) is 1. The summed E-state index contributed by atoms with van der Waals surface area (Å²) in [6, 6.07) is 4.96. The van der Waals surface area contributed by atoms with Gasteiger partial charge in [-0.2, -0.15) is 0 Å². The van der Waals surface area contributed by atoms with E-state index in [-0.39, 0.29) is 30.5 Å². The van der Waals surface area contributed by atoms with Crippen LogP contribution in [-0.4, -0.2) is 31.5 Å². The molecule has 0 aliphatic heterocycles. The summed E-state index contributed by atoms with van der Waals surface area (Å²) in [4.78, 5) is 12.7. The Labute approximate surface area is 94.8 Å². The van der Waals surface area contributed by atoms with Gasteiger partial charge < -0.3 is 9.64 Å². The Balaban J connectivity index is 2.49. The van der Waals surface area contributed by atoms with Crippen molar-refractivity contribution in [1.82, 2.24) is 4.90 Å². The molecule has 0 atom stereocenters. The van der Waals surface area contributed by atoms with Crippen LogP contribution in [-0.2, 0) is 4.79 Å². The third kappa shape index (κ3) is 3.22. The van der Waals surface area contributed by atoms with Gasteiger partial charge >= 0.3 is 0 Å². The number of nitrogens with zero attached hydrogens (tertiary/aromatic N) is 1. The third-order valence-electron chi connectivity index (χ3n) is 2.23. The van der Waals surface area contributed by atoms with Gasteiger partial charge in [-0.25, -0.2) is 4.39 Å². The minimum absolute atomic E-state index is 0.0342. The predicted molar refractivity (Wildman–Crippen MR) is 59.9 cm³/mol. The fourth-order valence-corrected chi connectivity index (χ4v) is 1.20. The van der Waals surface area contributed by atoms with E-state index < -0.39 is 0 Å². The highest BCUT2D eigenvalue weighted by molar-refractivity contribution is 5.75. The summed E-state index contributed by atoms with van der Waals surface area (Å²) >= 11 is 0. The van der Waals surface area contributed by atoms with E-state index in [2.05, 4.69) is 0 Å². The van der Waals surface area contributed by atoms with E-state index in [9.17, 15) is 9.18 Å². The molecular formula is C12H16FNO2. The van der Waals surface area contributed by atoms with Crippen molar-refractivity contribution in [2.24, 2.45) is 0 Å². The molecule has 0 heterocycles. The smallest absolute Gasteiger partial charge is 0.225 e. The first-order valence-electron chi connectivity index (χ1n) is 5.10. The van der Waals surface area contributed by atoms with E-state index >= 15 is 0 Å². The van der Waals surface area contributed by atoms with Crippen LogP contribution in [0, 0.1) is 12.7 Å². The normalized spacial score (nSPS) is 10.0. The van der Waals surface area contributed by atoms with Crippen LogP contribution >= 0.6 is 0 Å². The number of benzene rings is 1. The third-order valence-corrected chi connectivity index (χ3v) is 2.23. The van der Waals surface area contributed by atoms with Gasteiger partial charge in [0.15, 0.2) is 11.6 Å². The second kappa shape index (κ2) is 5.49. The number of carbonyl (C=O) groups excluding carboxylic acids is 1. The van der Waals surface area contributed by atoms with Crippen LogP contribution in [0.5, 0.6) is 5.75 Å². The zero-order valence-electron chi connectivity index (χ0n) is 9.79. The number of carbonyl (C=O) groups is 1. The van der Waals surface area contributed by atoms with Gasteiger partial charge in [0.1, 0.15) is 0 Å². The molecule has 0 radical (unpaired) electrons. The Morgan fingerprint density at radius 2 is 2.12 bits per heavy atom. The zero-order chi connectivity index (χ0) is 12.1. The monoisotopic (exact) mass is 225 g/mol. The van der Waals surface area contributed by atoms with Gasteiger partial charge in [0.2, 0.25) is 5.91 Å². The molecule has 0 saturated carbocycles. The molecule has 0 saturated heterocycles. The molecule has 1 aromatic rings. The summed E-state index contributed by atoms with van der Waals surface area (Å²) in [5.74, 6) is -0.195. The van der Waals surface area contributed by atoms with Crippen molar-refractivity contribution in [1.29, 1.82) is 0 Å². The molecule has 3 nitrogen and oxygen atoms in total. The first-order valence-corrected chi connectivity index (χ1v) is 5.10. The van der Waals surface area contributed by atoms with E-state index in [0.29, 0.717) is 5.56 Å². The summed E-state index contributed by atoms with van der Waals surface area (Å²) in [6.07, 6.45) is 0.250. The highest BCUT2D eigenvalue weighted by atomic mass is 19.1. The first-order chi connectivity index (χ1) is 7.52. The van der Waals surface area contributed by atoms with Crippen LogP contribution in [0.15, 0.2) is 18.2 Å². The second-order valence-electron chi connectivity index (χ2n) is 3.77. The van der Waals surface area contributed by atoms with E-state index in [1.165, 1.54) is 4.90 Å². The largest absolute Gasteiger partial charge is 0.490 e. The number of halogens is 1. The molecule has 0 N–H and O–H groups in total. The van der Waals surface area contributed by atoms with Crippen molar-refractivity contribution in [2.45, 2.75) is 13.3 Å². The lowest BCUT2D eigenvalue weighted by Crippen LogP contribution is -2.23. The maximum absolute atomic E-state index is 13.5. The fraction of sp³-hybridized carbons (Fsp3) is 0.417. The molecule has 1 amide bonds. The summed E-state index contributed by atoms with van der Waals surface area (Å²) < 4.78 is 18.7. The summed E-state index contributed by atoms with van der Waals surface area (Å²) in [5.41, 5.74) is 0.538. The Hall–Kier alpha value is -1.58. The SMILES string of the molecule is Cc1cccc(OCCC(=O)N(C)C)c1F. The van der Waals surface area contributed by atoms with Gasteiger partial charge in [-0.1, -0.05) is 12.1 Å². The second-order valence-corrected chi connectivity index (χ2v) is 3.77. The maximum atomic E-state index is 13.5. The number of aryl methyl sites for hydroxylation is 1. The molecule has 0 aromatic heterocycles. The van der Waals surface area contributed by atoms with Gasteiger partial charge in [0, 0.05) is 14.1 Å². The first kappa shape index (κ1) is 12.5. The van der Waals surface area contributed by atoms with Crippen LogP contribution < -0.4 is 4.74 Å². The minimum atomic E-state index is -0.361. The van der Waals surface area contributed by atoms with Crippen molar-refractivity contribution < 1.29 is 13.9 Å². The maximum Gasteiger partial charge on any atom is 0.225 e. The molecule has 0 unspecified atom stereocenters. The molecule has 0 fully saturated rings. The van der Waals surface area contributed by atoms with Crippen LogP contribution in [0.1, 0.15) is 12.0 Å². The van der Waals surface area contributed by atoms with Crippen molar-refractivity contribution in [3.63, 3.8) is 0 Å². The van der Waals surface area contributed by atoms with E-state index in [4.69, 9.17) is 4.74 Å². The average molecular weight is 225 g/mol. The molecule has 1 aromatic carbocycles. The zero-order valence-corrected chi connectivity index (χ0v) is 9.79. The highest BCUT2D eigenvalue weighted by Crippen LogP contribution is 2.19. The molecule has 16 heavy (non-hydrogen) atoms. The van der Waals surface area contributed by atoms with Gasteiger partial charge in [0.05, 0.1) is 13.0 Å². The topological polar surface area (TPSA) is 29.5 Å². The van der Waals surface area contributed by atoms with E-state index in [0.717, 1.165) is 0 Å². The van der Waals surface area contributed by atoms with Gasteiger partial charge in [-0.05, 0) is 18.6 Å². The number of rotatable bonds is 4. The van der Waals surface area contributed by atoms with Crippen molar-refractivity contribution in [2.75, 3.05) is 20.7 Å². The quantitative estimate of drug-likeness (QED) is 0.784. The minimum Gasteiger partial charge on any atom is -0.490 e. The van der Waals surface area contributed by atoms with Crippen molar-refractivity contribution >= 4 is 5.91 Å². The summed E-state index contributed by atoms with van der Waals surface area (Å²) in [7, 11) is 3.35. The van der Waals surface area contributed by atoms with Crippen molar-refractivity contribution in [3.05, 3.63) is 29.6 Å². The molecule has 0 aliphatic carbocycles. The lowest BCUT2D eigenvalue weighted by molar-refractivity contribution is -0.129. The Bertz CT molecular complexity index is 377. The van der Waals surface area contributed by atoms with E-state index in [1.807, 2.05) is 0 Å². The number of amides is 1. The van der Waals surface area contributed by atoms with Crippen LogP contribution in [0.2, 0.25) is 0 Å². The Morgan fingerprint density at radius 1 is 1.44 bits per heavy atom.